The molecule has 7 heteroatoms. The minimum absolute atomic E-state index is 0. The summed E-state index contributed by atoms with van der Waals surface area (Å²) in [4.78, 5) is 18.4. The number of fused-ring (bicyclic) bond motifs is 6. The fourth-order valence-electron chi connectivity index (χ4n) is 6.94. The molecule has 278 valence electrons. The Balaban J connectivity index is 0.00000548. The average molecular weight is 932 g/mol. The molecule has 0 fully saturated rings. The van der Waals surface area contributed by atoms with Crippen LogP contribution in [-0.4, -0.2) is 29.5 Å². The molecule has 58 heavy (non-hydrogen) atoms. The van der Waals surface area contributed by atoms with Crippen LogP contribution >= 0.6 is 0 Å². The fourth-order valence-corrected chi connectivity index (χ4v) is 6.94. The van der Waals surface area contributed by atoms with Gasteiger partial charge in [-0.3, -0.25) is 4.52 Å². The molecular formula is C51H35IrN6. The van der Waals surface area contributed by atoms with Crippen molar-refractivity contribution < 1.29 is 31.1 Å². The van der Waals surface area contributed by atoms with Gasteiger partial charge in [-0.15, -0.1) is 96.1 Å². The summed E-state index contributed by atoms with van der Waals surface area (Å²) in [6.07, 6.45) is -5.23. The molecule has 10 aromatic rings. The third kappa shape index (κ3) is 7.46. The molecule has 0 spiro atoms. The van der Waals surface area contributed by atoms with Crippen molar-refractivity contribution in [3.8, 4) is 44.8 Å². The molecular weight excluding hydrogens is 889 g/mol. The van der Waals surface area contributed by atoms with Crippen LogP contribution in [0.25, 0.3) is 72.2 Å². The maximum absolute atomic E-state index is 9.55. The van der Waals surface area contributed by atoms with Crippen molar-refractivity contribution in [3.63, 3.8) is 0 Å². The van der Waals surface area contributed by atoms with Gasteiger partial charge in [-0.1, -0.05) is 72.1 Å². The third-order valence-electron chi connectivity index (χ3n) is 9.66. The quantitative estimate of drug-likeness (QED) is 0.101. The summed E-state index contributed by atoms with van der Waals surface area (Å²) in [6.45, 7) is 0. The smallest absolute Gasteiger partial charge is 0.304 e. The Labute approximate surface area is 361 Å². The fraction of sp³-hybridized carbons (Fsp3) is 0.0784. The van der Waals surface area contributed by atoms with Gasteiger partial charge < -0.3 is 15.0 Å². The zero-order chi connectivity index (χ0) is 45.1. The van der Waals surface area contributed by atoms with Crippen LogP contribution in [0.2, 0.25) is 0 Å². The van der Waals surface area contributed by atoms with Gasteiger partial charge in [0.15, 0.2) is 0 Å². The molecule has 0 atom stereocenters. The van der Waals surface area contributed by atoms with Gasteiger partial charge in [0.05, 0.1) is 0 Å². The summed E-state index contributed by atoms with van der Waals surface area (Å²) in [5.41, 5.74) is 6.20. The molecule has 5 heterocycles. The van der Waals surface area contributed by atoms with Crippen LogP contribution < -0.4 is 0 Å². The maximum atomic E-state index is 9.55. The van der Waals surface area contributed by atoms with Crippen molar-refractivity contribution in [1.29, 1.82) is 0 Å². The molecule has 0 aliphatic carbocycles. The first kappa shape index (κ1) is 28.7. The van der Waals surface area contributed by atoms with Crippen LogP contribution in [0.3, 0.4) is 0 Å². The zero-order valence-corrected chi connectivity index (χ0v) is 33.0. The molecule has 0 bridgehead atoms. The van der Waals surface area contributed by atoms with E-state index in [1.165, 1.54) is 49.1 Å². The zero-order valence-electron chi connectivity index (χ0n) is 38.6. The molecule has 0 unspecified atom stereocenters. The van der Waals surface area contributed by atoms with Crippen LogP contribution in [0, 0.1) is 18.2 Å². The van der Waals surface area contributed by atoms with Gasteiger partial charge >= 0.3 is 20.1 Å². The molecule has 10 rings (SSSR count). The second-order valence-corrected chi connectivity index (χ2v) is 13.3. The maximum Gasteiger partial charge on any atom is 3.00 e. The molecule has 0 aliphatic heterocycles. The first-order chi connectivity index (χ1) is 31.3. The monoisotopic (exact) mass is 932 g/mol. The van der Waals surface area contributed by atoms with Crippen molar-refractivity contribution in [3.05, 3.63) is 205 Å². The van der Waals surface area contributed by atoms with Gasteiger partial charge in [-0.05, 0) is 93.0 Å². The van der Waals surface area contributed by atoms with Crippen molar-refractivity contribution in [2.24, 2.45) is 0 Å². The molecule has 0 aliphatic rings. The SMILES string of the molecule is [2H]C([2H])(c1ccc(-c2[c-]cccc2)nc1)C([2H])([2H])c1cc(-c2ccccc2-c2cnc3c4[c-]cccc4n4ncnc4c3c2)cc(C([2H])([2H])C([2H])([2H])c2ccc(-c3[c-]cccc3)nc2)c1.[Ir+3]. The number of aromatic nitrogens is 6. The largest absolute Gasteiger partial charge is 3.00 e. The standard InChI is InChI=1S/C51H35N6.Ir/c1-3-11-39(12-4-1)47-25-23-35(31-52-47)19-21-37-27-38(22-20-36-24-26-48(53-32-36)40-13-5-2-6-14-40)29-41(28-37)43-15-7-8-16-44(43)42-30-46-50(54-33-42)45-17-9-10-18-49(45)57-51(46)55-34-56-57;/h1-11,13,15-16,18,23-34H,19-22H2;/q-3;+3/i19D2,20D2,21D2,22D2;. The minimum atomic E-state index is -2.81. The van der Waals surface area contributed by atoms with Crippen LogP contribution in [0.15, 0.2) is 164 Å². The van der Waals surface area contributed by atoms with E-state index in [1.54, 1.807) is 41.0 Å². The Morgan fingerprint density at radius 1 is 0.517 bits per heavy atom. The van der Waals surface area contributed by atoms with Crippen molar-refractivity contribution in [2.75, 3.05) is 0 Å². The van der Waals surface area contributed by atoms with E-state index in [2.05, 4.69) is 38.2 Å². The second kappa shape index (κ2) is 16.4. The Morgan fingerprint density at radius 3 is 1.72 bits per heavy atom. The second-order valence-electron chi connectivity index (χ2n) is 13.3. The number of hydrogen-bond donors (Lipinski definition) is 0. The Kier molecular flexibility index (Phi) is 8.13. The number of benzene rings is 5. The Hall–Kier alpha value is -6.66. The van der Waals surface area contributed by atoms with Gasteiger partial charge in [-0.25, -0.2) is 4.98 Å². The Bertz CT molecular complexity index is 3260. The van der Waals surface area contributed by atoms with E-state index in [0.29, 0.717) is 61.3 Å². The van der Waals surface area contributed by atoms with Gasteiger partial charge in [-0.2, -0.15) is 5.10 Å². The van der Waals surface area contributed by atoms with Crippen molar-refractivity contribution >= 4 is 27.5 Å². The predicted molar refractivity (Wildman–Crippen MR) is 227 cm³/mol. The van der Waals surface area contributed by atoms with E-state index in [-0.39, 0.29) is 42.4 Å². The molecule has 6 nitrogen and oxygen atoms in total. The molecule has 0 saturated heterocycles. The molecule has 5 aromatic carbocycles. The first-order valence-corrected chi connectivity index (χ1v) is 18.3. The third-order valence-corrected chi connectivity index (χ3v) is 9.66. The Morgan fingerprint density at radius 2 is 1.12 bits per heavy atom. The van der Waals surface area contributed by atoms with Crippen LogP contribution in [0.4, 0.5) is 0 Å². The van der Waals surface area contributed by atoms with Gasteiger partial charge in [0, 0.05) is 40.5 Å². The van der Waals surface area contributed by atoms with E-state index in [1.807, 2.05) is 78.9 Å². The summed E-state index contributed by atoms with van der Waals surface area (Å²) in [6, 6.07) is 49.3. The number of nitrogens with zero attached hydrogens (tertiary/aromatic N) is 6. The number of rotatable bonds is 10. The molecule has 0 N–H and O–H groups in total. The average Bonchev–Trinajstić information content (AvgIpc) is 3.85. The van der Waals surface area contributed by atoms with Gasteiger partial charge in [0.2, 0.25) is 0 Å². The van der Waals surface area contributed by atoms with E-state index in [4.69, 9.17) is 4.98 Å². The summed E-state index contributed by atoms with van der Waals surface area (Å²) in [5, 5.41) is 5.94. The summed E-state index contributed by atoms with van der Waals surface area (Å²) >= 11 is 0. The number of aryl methyl sites for hydroxylation is 4. The number of pyridine rings is 4. The minimum Gasteiger partial charge on any atom is -0.304 e. The van der Waals surface area contributed by atoms with E-state index >= 15 is 0 Å². The van der Waals surface area contributed by atoms with Gasteiger partial charge in [0.1, 0.15) is 12.0 Å². The predicted octanol–water partition coefficient (Wildman–Crippen LogP) is 10.9. The molecule has 5 aromatic heterocycles. The van der Waals surface area contributed by atoms with Crippen LogP contribution in [-0.2, 0) is 45.6 Å². The van der Waals surface area contributed by atoms with Crippen molar-refractivity contribution in [2.45, 2.75) is 25.5 Å². The van der Waals surface area contributed by atoms with Crippen LogP contribution in [0.1, 0.15) is 33.2 Å². The summed E-state index contributed by atoms with van der Waals surface area (Å²) in [7, 11) is 0. The van der Waals surface area contributed by atoms with E-state index in [0.717, 1.165) is 10.9 Å². The van der Waals surface area contributed by atoms with E-state index in [9.17, 15) is 11.0 Å². The topological polar surface area (TPSA) is 68.9 Å². The van der Waals surface area contributed by atoms with Crippen LogP contribution in [0.5, 0.6) is 0 Å². The normalized spacial score (nSPS) is 14.3. The summed E-state index contributed by atoms with van der Waals surface area (Å²) in [5.74, 6) is 0. The summed E-state index contributed by atoms with van der Waals surface area (Å²) < 4.78 is 77.3. The van der Waals surface area contributed by atoms with Crippen molar-refractivity contribution in [1.82, 2.24) is 29.5 Å². The molecule has 0 saturated carbocycles. The molecule has 0 amide bonds. The first-order valence-electron chi connectivity index (χ1n) is 22.3. The molecule has 0 radical (unpaired) electrons. The number of hydrogen-bond acceptors (Lipinski definition) is 5. The van der Waals surface area contributed by atoms with E-state index < -0.39 is 25.5 Å². The van der Waals surface area contributed by atoms with Gasteiger partial charge in [0.25, 0.3) is 0 Å².